The van der Waals surface area contributed by atoms with E-state index in [0.717, 1.165) is 6.42 Å². The van der Waals surface area contributed by atoms with E-state index in [0.29, 0.717) is 25.2 Å². The van der Waals surface area contributed by atoms with Crippen LogP contribution < -0.4 is 10.1 Å². The molecule has 0 aliphatic rings. The number of aromatic nitrogens is 1. The number of nitrogens with zero attached hydrogens (tertiary/aromatic N) is 1. The molecule has 0 saturated carbocycles. The summed E-state index contributed by atoms with van der Waals surface area (Å²) < 4.78 is 5.42. The molecule has 0 aromatic carbocycles. The Bertz CT molecular complexity index is 339. The first-order chi connectivity index (χ1) is 8.76. The van der Waals surface area contributed by atoms with Crippen molar-refractivity contribution in [1.82, 2.24) is 10.3 Å². The molecule has 18 heavy (non-hydrogen) atoms. The van der Waals surface area contributed by atoms with Crippen LogP contribution in [0.5, 0.6) is 5.75 Å². The Morgan fingerprint density at radius 1 is 1.61 bits per heavy atom. The molecule has 0 bridgehead atoms. The van der Waals surface area contributed by atoms with Crippen LogP contribution in [-0.4, -0.2) is 35.3 Å². The third kappa shape index (κ3) is 5.63. The second kappa shape index (κ2) is 8.47. The summed E-state index contributed by atoms with van der Waals surface area (Å²) in [5.41, 5.74) is 0. The molecule has 1 amide bonds. The highest BCUT2D eigenvalue weighted by molar-refractivity contribution is 5.76. The molecule has 100 valence electrons. The maximum Gasteiger partial charge on any atom is 0.220 e. The summed E-state index contributed by atoms with van der Waals surface area (Å²) in [6.07, 6.45) is 5.09. The molecule has 0 fully saturated rings. The molecule has 0 radical (unpaired) electrons. The fourth-order valence-corrected chi connectivity index (χ4v) is 1.43. The Balaban J connectivity index is 2.12. The highest BCUT2D eigenvalue weighted by Crippen LogP contribution is 2.06. The number of rotatable bonds is 8. The molecular formula is C13H20N2O3. The van der Waals surface area contributed by atoms with Gasteiger partial charge in [0.2, 0.25) is 5.91 Å². The van der Waals surface area contributed by atoms with Crippen molar-refractivity contribution in [3.05, 3.63) is 24.5 Å². The van der Waals surface area contributed by atoms with Crippen LogP contribution in [0.4, 0.5) is 0 Å². The van der Waals surface area contributed by atoms with Crippen molar-refractivity contribution in [3.63, 3.8) is 0 Å². The molecule has 1 aromatic rings. The minimum atomic E-state index is -0.142. The molecule has 5 nitrogen and oxygen atoms in total. The van der Waals surface area contributed by atoms with E-state index in [1.54, 1.807) is 18.5 Å². The maximum absolute atomic E-state index is 11.5. The van der Waals surface area contributed by atoms with E-state index in [1.807, 2.05) is 13.0 Å². The number of ether oxygens (including phenoxy) is 1. The van der Waals surface area contributed by atoms with Crippen LogP contribution >= 0.6 is 0 Å². The van der Waals surface area contributed by atoms with E-state index in [1.165, 1.54) is 0 Å². The van der Waals surface area contributed by atoms with E-state index in [2.05, 4.69) is 10.3 Å². The minimum Gasteiger partial charge on any atom is -0.492 e. The molecule has 2 N–H and O–H groups in total. The zero-order chi connectivity index (χ0) is 13.2. The fourth-order valence-electron chi connectivity index (χ4n) is 1.43. The van der Waals surface area contributed by atoms with Crippen molar-refractivity contribution in [2.24, 2.45) is 0 Å². The minimum absolute atomic E-state index is 0.0194. The quantitative estimate of drug-likeness (QED) is 0.680. The summed E-state index contributed by atoms with van der Waals surface area (Å²) in [5, 5.41) is 11.7. The molecule has 1 unspecified atom stereocenters. The van der Waals surface area contributed by atoms with Crippen LogP contribution in [0.15, 0.2) is 24.5 Å². The van der Waals surface area contributed by atoms with Gasteiger partial charge in [-0.25, -0.2) is 0 Å². The molecule has 1 atom stereocenters. The number of hydrogen-bond donors (Lipinski definition) is 2. The lowest BCUT2D eigenvalue weighted by atomic mass is 10.2. The summed E-state index contributed by atoms with van der Waals surface area (Å²) in [4.78, 5) is 15.4. The van der Waals surface area contributed by atoms with Gasteiger partial charge in [-0.1, -0.05) is 6.92 Å². The lowest BCUT2D eigenvalue weighted by molar-refractivity contribution is -0.122. The Morgan fingerprint density at radius 2 is 2.44 bits per heavy atom. The molecule has 0 aliphatic carbocycles. The van der Waals surface area contributed by atoms with Gasteiger partial charge in [-0.2, -0.15) is 0 Å². The predicted octanol–water partition coefficient (Wildman–Crippen LogP) is 1.13. The highest BCUT2D eigenvalue weighted by Gasteiger charge is 2.08. The summed E-state index contributed by atoms with van der Waals surface area (Å²) in [6, 6.07) is 3.48. The average molecular weight is 252 g/mol. The number of pyridine rings is 1. The summed E-state index contributed by atoms with van der Waals surface area (Å²) in [6.45, 7) is 2.39. The van der Waals surface area contributed by atoms with Crippen LogP contribution in [0.1, 0.15) is 26.2 Å². The Kier molecular flexibility index (Phi) is 6.79. The van der Waals surface area contributed by atoms with Crippen molar-refractivity contribution in [2.45, 2.75) is 32.2 Å². The molecule has 0 spiro atoms. The van der Waals surface area contributed by atoms with Crippen molar-refractivity contribution in [3.8, 4) is 5.75 Å². The summed E-state index contributed by atoms with van der Waals surface area (Å²) in [7, 11) is 0. The third-order valence-corrected chi connectivity index (χ3v) is 2.53. The third-order valence-electron chi connectivity index (χ3n) is 2.53. The van der Waals surface area contributed by atoms with Crippen molar-refractivity contribution in [1.29, 1.82) is 0 Å². The monoisotopic (exact) mass is 252 g/mol. The standard InChI is InChI=1S/C13H20N2O3/c1-2-11(10-16)15-13(17)6-4-8-18-12-5-3-7-14-9-12/h3,5,7,9,11,16H,2,4,6,8,10H2,1H3,(H,15,17). The van der Waals surface area contributed by atoms with Crippen LogP contribution in [0.25, 0.3) is 0 Å². The van der Waals surface area contributed by atoms with Gasteiger partial charge >= 0.3 is 0 Å². The first-order valence-corrected chi connectivity index (χ1v) is 6.19. The first-order valence-electron chi connectivity index (χ1n) is 6.19. The number of carbonyl (C=O) groups excluding carboxylic acids is 1. The number of carbonyl (C=O) groups is 1. The van der Waals surface area contributed by atoms with Crippen LogP contribution in [0.3, 0.4) is 0 Å². The SMILES string of the molecule is CCC(CO)NC(=O)CCCOc1cccnc1. The molecule has 5 heteroatoms. The first kappa shape index (κ1) is 14.4. The van der Waals surface area contributed by atoms with Gasteiger partial charge < -0.3 is 15.2 Å². The molecule has 0 aliphatic heterocycles. The molecule has 0 saturated heterocycles. The fraction of sp³-hybridized carbons (Fsp3) is 0.538. The smallest absolute Gasteiger partial charge is 0.220 e. The van der Waals surface area contributed by atoms with Gasteiger partial charge in [0.1, 0.15) is 5.75 Å². The second-order valence-corrected chi connectivity index (χ2v) is 4.00. The van der Waals surface area contributed by atoms with E-state index < -0.39 is 0 Å². The van der Waals surface area contributed by atoms with Gasteiger partial charge in [0.15, 0.2) is 0 Å². The number of amides is 1. The van der Waals surface area contributed by atoms with Crippen LogP contribution in [-0.2, 0) is 4.79 Å². The molecule has 1 rings (SSSR count). The zero-order valence-electron chi connectivity index (χ0n) is 10.6. The topological polar surface area (TPSA) is 71.5 Å². The van der Waals surface area contributed by atoms with E-state index in [-0.39, 0.29) is 18.6 Å². The average Bonchev–Trinajstić information content (AvgIpc) is 2.42. The second-order valence-electron chi connectivity index (χ2n) is 4.00. The number of aliphatic hydroxyl groups excluding tert-OH is 1. The van der Waals surface area contributed by atoms with Gasteiger partial charge in [0.25, 0.3) is 0 Å². The van der Waals surface area contributed by atoms with Crippen molar-refractivity contribution in [2.75, 3.05) is 13.2 Å². The van der Waals surface area contributed by atoms with Crippen LogP contribution in [0.2, 0.25) is 0 Å². The van der Waals surface area contributed by atoms with E-state index in [9.17, 15) is 4.79 Å². The Morgan fingerprint density at radius 3 is 3.06 bits per heavy atom. The number of nitrogens with one attached hydrogen (secondary N) is 1. The Labute approximate surface area is 107 Å². The Hall–Kier alpha value is -1.62. The number of hydrogen-bond acceptors (Lipinski definition) is 4. The van der Waals surface area contributed by atoms with Gasteiger partial charge in [-0.15, -0.1) is 0 Å². The largest absolute Gasteiger partial charge is 0.492 e. The predicted molar refractivity (Wildman–Crippen MR) is 68.3 cm³/mol. The van der Waals surface area contributed by atoms with Crippen LogP contribution in [0, 0.1) is 0 Å². The highest BCUT2D eigenvalue weighted by atomic mass is 16.5. The van der Waals surface area contributed by atoms with Gasteiger partial charge in [0, 0.05) is 12.6 Å². The zero-order valence-corrected chi connectivity index (χ0v) is 10.6. The molecular weight excluding hydrogens is 232 g/mol. The summed E-state index contributed by atoms with van der Waals surface area (Å²) >= 11 is 0. The van der Waals surface area contributed by atoms with Gasteiger partial charge in [-0.05, 0) is 25.0 Å². The van der Waals surface area contributed by atoms with Crippen molar-refractivity contribution < 1.29 is 14.6 Å². The summed E-state index contributed by atoms with van der Waals surface area (Å²) in [5.74, 6) is 0.658. The number of aliphatic hydroxyl groups is 1. The lowest BCUT2D eigenvalue weighted by Gasteiger charge is -2.13. The van der Waals surface area contributed by atoms with Crippen molar-refractivity contribution >= 4 is 5.91 Å². The van der Waals surface area contributed by atoms with E-state index >= 15 is 0 Å². The normalized spacial score (nSPS) is 11.9. The molecule has 1 aromatic heterocycles. The van der Waals surface area contributed by atoms with Gasteiger partial charge in [0.05, 0.1) is 25.5 Å². The lowest BCUT2D eigenvalue weighted by Crippen LogP contribution is -2.36. The van der Waals surface area contributed by atoms with E-state index in [4.69, 9.17) is 9.84 Å². The van der Waals surface area contributed by atoms with Gasteiger partial charge in [-0.3, -0.25) is 9.78 Å². The molecule has 1 heterocycles. The maximum atomic E-state index is 11.5.